The number of carbonyl (C=O) groups is 2. The number of anilines is 2. The maximum Gasteiger partial charge on any atom is 0.283 e. The molecule has 9 heteroatoms. The summed E-state index contributed by atoms with van der Waals surface area (Å²) in [7, 11) is -4.06. The van der Waals surface area contributed by atoms with Crippen molar-refractivity contribution < 1.29 is 18.0 Å². The molecule has 2 amide bonds. The molecule has 0 aliphatic rings. The highest BCUT2D eigenvalue weighted by Crippen LogP contribution is 2.14. The fraction of sp³-hybridized carbons (Fsp3) is 0.0714. The molecule has 0 radical (unpaired) electrons. The molecular weight excluding hydrogens is 320 g/mol. The Kier molecular flexibility index (Phi) is 4.60. The highest BCUT2D eigenvalue weighted by atomic mass is 32.2. The van der Waals surface area contributed by atoms with Crippen molar-refractivity contribution in [2.24, 2.45) is 0 Å². The van der Waals surface area contributed by atoms with E-state index >= 15 is 0 Å². The largest absolute Gasteiger partial charge is 0.399 e. The summed E-state index contributed by atoms with van der Waals surface area (Å²) in [4.78, 5) is 26.5. The van der Waals surface area contributed by atoms with Crippen LogP contribution >= 0.6 is 0 Å². The highest BCUT2D eigenvalue weighted by Gasteiger charge is 2.19. The van der Waals surface area contributed by atoms with E-state index in [2.05, 4.69) is 10.3 Å². The second-order valence-corrected chi connectivity index (χ2v) is 6.30. The van der Waals surface area contributed by atoms with Gasteiger partial charge >= 0.3 is 0 Å². The molecular formula is C14H14N4O4S. The molecule has 1 aromatic heterocycles. The number of nitrogen functional groups attached to an aromatic ring is 1. The smallest absolute Gasteiger partial charge is 0.283 e. The lowest BCUT2D eigenvalue weighted by molar-refractivity contribution is -0.114. The number of nitrogens with zero attached hydrogens (tertiary/aromatic N) is 1. The number of benzene rings is 1. The molecule has 0 saturated heterocycles. The molecule has 2 aromatic rings. The summed E-state index contributed by atoms with van der Waals surface area (Å²) < 4.78 is 26.2. The lowest BCUT2D eigenvalue weighted by Crippen LogP contribution is -2.31. The molecule has 4 N–H and O–H groups in total. The van der Waals surface area contributed by atoms with Gasteiger partial charge < -0.3 is 11.1 Å². The zero-order valence-corrected chi connectivity index (χ0v) is 12.9. The number of pyridine rings is 1. The van der Waals surface area contributed by atoms with E-state index in [0.717, 1.165) is 0 Å². The summed E-state index contributed by atoms with van der Waals surface area (Å²) >= 11 is 0. The van der Waals surface area contributed by atoms with Crippen LogP contribution in [-0.4, -0.2) is 25.2 Å². The molecule has 120 valence electrons. The fourth-order valence-corrected chi connectivity index (χ4v) is 2.69. The zero-order chi connectivity index (χ0) is 17.0. The van der Waals surface area contributed by atoms with Gasteiger partial charge in [-0.2, -0.15) is 0 Å². The second kappa shape index (κ2) is 6.44. The van der Waals surface area contributed by atoms with Crippen LogP contribution in [0.5, 0.6) is 0 Å². The van der Waals surface area contributed by atoms with Crippen molar-refractivity contribution in [1.29, 1.82) is 0 Å². The van der Waals surface area contributed by atoms with E-state index in [1.165, 1.54) is 49.5 Å². The molecule has 1 heterocycles. The first kappa shape index (κ1) is 16.4. The van der Waals surface area contributed by atoms with Crippen LogP contribution in [0, 0.1) is 0 Å². The van der Waals surface area contributed by atoms with Gasteiger partial charge in [0.1, 0.15) is 5.69 Å². The fourth-order valence-electron chi connectivity index (χ4n) is 1.72. The van der Waals surface area contributed by atoms with E-state index in [4.69, 9.17) is 5.73 Å². The number of hydrogen-bond acceptors (Lipinski definition) is 6. The van der Waals surface area contributed by atoms with Crippen LogP contribution in [0.3, 0.4) is 0 Å². The third-order valence-electron chi connectivity index (χ3n) is 2.73. The number of rotatable bonds is 4. The number of sulfonamides is 1. The summed E-state index contributed by atoms with van der Waals surface area (Å²) in [6, 6.07) is 8.12. The Morgan fingerprint density at radius 1 is 1.13 bits per heavy atom. The van der Waals surface area contributed by atoms with Gasteiger partial charge in [0, 0.05) is 24.5 Å². The minimum atomic E-state index is -4.06. The Morgan fingerprint density at radius 3 is 2.35 bits per heavy atom. The molecule has 1 aromatic carbocycles. The summed E-state index contributed by atoms with van der Waals surface area (Å²) in [5, 5.41) is 2.51. The molecule has 23 heavy (non-hydrogen) atoms. The quantitative estimate of drug-likeness (QED) is 0.756. The van der Waals surface area contributed by atoms with Crippen molar-refractivity contribution in [1.82, 2.24) is 9.71 Å². The van der Waals surface area contributed by atoms with Gasteiger partial charge in [-0.1, -0.05) is 0 Å². The third kappa shape index (κ3) is 4.27. The van der Waals surface area contributed by atoms with Gasteiger partial charge in [-0.05, 0) is 36.4 Å². The van der Waals surface area contributed by atoms with Crippen LogP contribution < -0.4 is 15.8 Å². The number of amides is 2. The molecule has 2 rings (SSSR count). The number of hydrogen-bond donors (Lipinski definition) is 3. The van der Waals surface area contributed by atoms with Crippen molar-refractivity contribution in [3.05, 3.63) is 48.3 Å². The molecule has 0 saturated carbocycles. The minimum Gasteiger partial charge on any atom is -0.399 e. The predicted octanol–water partition coefficient (Wildman–Crippen LogP) is 0.741. The number of nitrogens with two attached hydrogens (primary N) is 1. The van der Waals surface area contributed by atoms with Crippen LogP contribution in [0.15, 0.2) is 47.5 Å². The highest BCUT2D eigenvalue weighted by molar-refractivity contribution is 7.90. The van der Waals surface area contributed by atoms with Crippen molar-refractivity contribution in [3.8, 4) is 0 Å². The molecule has 0 bridgehead atoms. The van der Waals surface area contributed by atoms with Crippen LogP contribution in [0.2, 0.25) is 0 Å². The molecule has 8 nitrogen and oxygen atoms in total. The summed E-state index contributed by atoms with van der Waals surface area (Å²) in [6.45, 7) is 1.34. The maximum absolute atomic E-state index is 12.2. The second-order valence-electron chi connectivity index (χ2n) is 4.61. The van der Waals surface area contributed by atoms with Crippen LogP contribution in [0.4, 0.5) is 11.4 Å². The standard InChI is InChI=1S/C14H14N4O4S/c1-9(19)17-11-2-4-12(5-3-11)23(21,22)18-14(20)13-8-10(15)6-7-16-13/h2-8H,1H3,(H2,15,16)(H,17,19)(H,18,20). The summed E-state index contributed by atoms with van der Waals surface area (Å²) in [5.41, 5.74) is 6.15. The first-order valence-corrected chi connectivity index (χ1v) is 7.92. The molecule has 0 atom stereocenters. The van der Waals surface area contributed by atoms with E-state index in [9.17, 15) is 18.0 Å². The van der Waals surface area contributed by atoms with Crippen LogP contribution in [-0.2, 0) is 14.8 Å². The topological polar surface area (TPSA) is 131 Å². The summed E-state index contributed by atoms with van der Waals surface area (Å²) in [5.74, 6) is -1.16. The van der Waals surface area contributed by atoms with E-state index in [-0.39, 0.29) is 16.5 Å². The van der Waals surface area contributed by atoms with Gasteiger partial charge in [0.2, 0.25) is 5.91 Å². The van der Waals surface area contributed by atoms with Crippen LogP contribution in [0.25, 0.3) is 0 Å². The first-order valence-electron chi connectivity index (χ1n) is 6.44. The zero-order valence-electron chi connectivity index (χ0n) is 12.1. The number of carbonyl (C=O) groups excluding carboxylic acids is 2. The Labute approximate surface area is 132 Å². The van der Waals surface area contributed by atoms with Gasteiger partial charge in [0.25, 0.3) is 15.9 Å². The average molecular weight is 334 g/mol. The van der Waals surface area contributed by atoms with Crippen molar-refractivity contribution in [2.45, 2.75) is 11.8 Å². The number of aromatic nitrogens is 1. The number of nitrogens with one attached hydrogen (secondary N) is 2. The molecule has 0 spiro atoms. The Bertz CT molecular complexity index is 847. The minimum absolute atomic E-state index is 0.108. The van der Waals surface area contributed by atoms with Gasteiger partial charge in [-0.25, -0.2) is 13.1 Å². The van der Waals surface area contributed by atoms with Crippen molar-refractivity contribution in [3.63, 3.8) is 0 Å². The average Bonchev–Trinajstić information content (AvgIpc) is 2.46. The van der Waals surface area contributed by atoms with Gasteiger partial charge in [-0.3, -0.25) is 14.6 Å². The molecule has 0 aliphatic carbocycles. The van der Waals surface area contributed by atoms with Gasteiger partial charge in [0.05, 0.1) is 4.90 Å². The Balaban J connectivity index is 2.18. The first-order chi connectivity index (χ1) is 10.8. The third-order valence-corrected chi connectivity index (χ3v) is 4.08. The molecule has 0 aliphatic heterocycles. The van der Waals surface area contributed by atoms with Crippen molar-refractivity contribution >= 4 is 33.2 Å². The lowest BCUT2D eigenvalue weighted by atomic mass is 10.3. The predicted molar refractivity (Wildman–Crippen MR) is 84.0 cm³/mol. The molecule has 0 unspecified atom stereocenters. The van der Waals surface area contributed by atoms with E-state index in [1.807, 2.05) is 4.72 Å². The van der Waals surface area contributed by atoms with Crippen molar-refractivity contribution in [2.75, 3.05) is 11.1 Å². The normalized spacial score (nSPS) is 10.8. The van der Waals surface area contributed by atoms with E-state index in [1.54, 1.807) is 0 Å². The SMILES string of the molecule is CC(=O)Nc1ccc(S(=O)(=O)NC(=O)c2cc(N)ccn2)cc1. The maximum atomic E-state index is 12.2. The lowest BCUT2D eigenvalue weighted by Gasteiger charge is -2.08. The van der Waals surface area contributed by atoms with Gasteiger partial charge in [0.15, 0.2) is 0 Å². The van der Waals surface area contributed by atoms with Gasteiger partial charge in [-0.15, -0.1) is 0 Å². The molecule has 0 fully saturated rings. The van der Waals surface area contributed by atoms with E-state index in [0.29, 0.717) is 11.4 Å². The summed E-state index contributed by atoms with van der Waals surface area (Å²) in [6.07, 6.45) is 1.30. The Hall–Kier alpha value is -2.94. The Morgan fingerprint density at radius 2 is 1.78 bits per heavy atom. The monoisotopic (exact) mass is 334 g/mol. The van der Waals surface area contributed by atoms with E-state index < -0.39 is 15.9 Å². The van der Waals surface area contributed by atoms with Crippen LogP contribution in [0.1, 0.15) is 17.4 Å².